The van der Waals surface area contributed by atoms with Gasteiger partial charge in [0.15, 0.2) is 0 Å². The van der Waals surface area contributed by atoms with Crippen LogP contribution >= 0.6 is 15.9 Å². The molecule has 1 aliphatic rings. The summed E-state index contributed by atoms with van der Waals surface area (Å²) in [5, 5.41) is 12.2. The minimum absolute atomic E-state index is 0.0340. The van der Waals surface area contributed by atoms with Crippen molar-refractivity contribution in [2.75, 3.05) is 0 Å². The first kappa shape index (κ1) is 23.1. The Morgan fingerprint density at radius 3 is 2.49 bits per heavy atom. The first-order valence-electron chi connectivity index (χ1n) is 11.1. The summed E-state index contributed by atoms with van der Waals surface area (Å²) in [6.45, 7) is 3.86. The van der Waals surface area contributed by atoms with Crippen molar-refractivity contribution in [2.45, 2.75) is 26.4 Å². The van der Waals surface area contributed by atoms with Crippen LogP contribution in [0.4, 0.5) is 4.39 Å². The molecule has 4 aromatic rings. The zero-order chi connectivity index (χ0) is 24.9. The second kappa shape index (κ2) is 8.82. The van der Waals surface area contributed by atoms with Gasteiger partial charge in [0, 0.05) is 38.7 Å². The molecule has 1 aliphatic heterocycles. The quantitative estimate of drug-likeness (QED) is 0.184. The molecule has 3 aromatic carbocycles. The number of Topliss-reactive ketones (excluding diaryl/α,β-unsaturated/α-hetero) is 1. The van der Waals surface area contributed by atoms with E-state index in [2.05, 4.69) is 20.9 Å². The number of likely N-dealkylation sites (tertiary alicyclic amines) is 1. The molecule has 0 aliphatic carbocycles. The first-order chi connectivity index (χ1) is 16.8. The number of amides is 1. The fourth-order valence-corrected chi connectivity index (χ4v) is 4.97. The zero-order valence-corrected chi connectivity index (χ0v) is 20.7. The molecule has 0 bridgehead atoms. The highest BCUT2D eigenvalue weighted by Gasteiger charge is 2.47. The fraction of sp³-hybridized carbons (Fsp3) is 0.143. The molecule has 5 nitrogen and oxygen atoms in total. The Labute approximate surface area is 210 Å². The topological polar surface area (TPSA) is 73.4 Å². The highest BCUT2D eigenvalue weighted by molar-refractivity contribution is 9.10. The van der Waals surface area contributed by atoms with Gasteiger partial charge in [-0.3, -0.25) is 9.59 Å². The summed E-state index contributed by atoms with van der Waals surface area (Å²) in [7, 11) is 0. The molecule has 176 valence electrons. The van der Waals surface area contributed by atoms with E-state index >= 15 is 0 Å². The van der Waals surface area contributed by atoms with E-state index in [1.807, 2.05) is 38.1 Å². The van der Waals surface area contributed by atoms with Gasteiger partial charge in [0.1, 0.15) is 11.6 Å². The standard InChI is InChI=1S/C28H22BrFN2O3/c1-15-13-18(9-12-21(15)29)26(33)24-25(23-16(2)31-22-6-4-3-5-20(22)23)32(28(35)27(24)34)14-17-7-10-19(30)11-8-17/h3-13,25,31,33H,14H2,1-2H3/b26-24+. The van der Waals surface area contributed by atoms with Crippen LogP contribution in [0.25, 0.3) is 16.7 Å². The number of fused-ring (bicyclic) bond motifs is 1. The normalized spacial score (nSPS) is 17.5. The van der Waals surface area contributed by atoms with Crippen molar-refractivity contribution < 1.29 is 19.1 Å². The maximum Gasteiger partial charge on any atom is 0.295 e. The highest BCUT2D eigenvalue weighted by Crippen LogP contribution is 2.44. The van der Waals surface area contributed by atoms with Crippen LogP contribution in [-0.2, 0) is 16.1 Å². The Morgan fingerprint density at radius 1 is 1.06 bits per heavy atom. The Morgan fingerprint density at radius 2 is 1.77 bits per heavy atom. The Hall–Kier alpha value is -3.71. The molecular formula is C28H22BrFN2O3. The third-order valence-corrected chi connectivity index (χ3v) is 7.34. The first-order valence-corrected chi connectivity index (χ1v) is 11.9. The number of aliphatic hydroxyl groups is 1. The average Bonchev–Trinajstić information content (AvgIpc) is 3.29. The average molecular weight is 533 g/mol. The van der Waals surface area contributed by atoms with Gasteiger partial charge >= 0.3 is 0 Å². The number of ketones is 1. The summed E-state index contributed by atoms with van der Waals surface area (Å²) in [5.41, 5.74) is 4.45. The van der Waals surface area contributed by atoms with E-state index in [0.717, 1.165) is 32.2 Å². The van der Waals surface area contributed by atoms with Gasteiger partial charge in [0.25, 0.3) is 11.7 Å². The number of carbonyl (C=O) groups is 2. The predicted octanol–water partition coefficient (Wildman–Crippen LogP) is 6.31. The molecule has 1 saturated heterocycles. The van der Waals surface area contributed by atoms with Crippen molar-refractivity contribution >= 4 is 44.3 Å². The van der Waals surface area contributed by atoms with Crippen LogP contribution in [0, 0.1) is 19.7 Å². The second-order valence-corrected chi connectivity index (χ2v) is 9.58. The molecule has 1 fully saturated rings. The van der Waals surface area contributed by atoms with Crippen molar-refractivity contribution in [1.29, 1.82) is 0 Å². The molecule has 2 heterocycles. The lowest BCUT2D eigenvalue weighted by atomic mass is 9.93. The summed E-state index contributed by atoms with van der Waals surface area (Å²) in [6, 6.07) is 17.9. The number of hydrogen-bond donors (Lipinski definition) is 2. The summed E-state index contributed by atoms with van der Waals surface area (Å²) in [4.78, 5) is 31.5. The highest BCUT2D eigenvalue weighted by atomic mass is 79.9. The predicted molar refractivity (Wildman–Crippen MR) is 136 cm³/mol. The number of rotatable bonds is 4. The van der Waals surface area contributed by atoms with Crippen molar-refractivity contribution in [3.8, 4) is 0 Å². The van der Waals surface area contributed by atoms with E-state index < -0.39 is 17.7 Å². The van der Waals surface area contributed by atoms with Gasteiger partial charge in [-0.15, -0.1) is 0 Å². The number of halogens is 2. The second-order valence-electron chi connectivity index (χ2n) is 8.73. The van der Waals surface area contributed by atoms with Crippen LogP contribution in [0.1, 0.15) is 34.0 Å². The van der Waals surface area contributed by atoms with E-state index in [1.165, 1.54) is 17.0 Å². The monoisotopic (exact) mass is 532 g/mol. The molecule has 1 amide bonds. The maximum atomic E-state index is 13.5. The number of aryl methyl sites for hydroxylation is 2. The van der Waals surface area contributed by atoms with Gasteiger partial charge in [-0.2, -0.15) is 0 Å². The number of benzene rings is 3. The van der Waals surface area contributed by atoms with Crippen LogP contribution in [-0.4, -0.2) is 26.7 Å². The minimum atomic E-state index is -0.819. The smallest absolute Gasteiger partial charge is 0.295 e. The van der Waals surface area contributed by atoms with Gasteiger partial charge in [-0.1, -0.05) is 52.3 Å². The molecule has 35 heavy (non-hydrogen) atoms. The van der Waals surface area contributed by atoms with Crippen LogP contribution in [0.15, 0.2) is 76.8 Å². The Balaban J connectivity index is 1.74. The van der Waals surface area contributed by atoms with Gasteiger partial charge in [-0.25, -0.2) is 4.39 Å². The third kappa shape index (κ3) is 3.96. The molecule has 7 heteroatoms. The molecule has 5 rings (SSSR count). The maximum absolute atomic E-state index is 13.5. The van der Waals surface area contributed by atoms with Crippen molar-refractivity contribution in [2.24, 2.45) is 0 Å². The van der Waals surface area contributed by atoms with E-state index in [1.54, 1.807) is 30.3 Å². The molecular weight excluding hydrogens is 511 g/mol. The lowest BCUT2D eigenvalue weighted by molar-refractivity contribution is -0.140. The Kier molecular flexibility index (Phi) is 5.81. The number of carbonyl (C=O) groups excluding carboxylic acids is 2. The van der Waals surface area contributed by atoms with Gasteiger partial charge < -0.3 is 15.0 Å². The largest absolute Gasteiger partial charge is 0.507 e. The van der Waals surface area contributed by atoms with Crippen LogP contribution < -0.4 is 0 Å². The number of nitrogens with one attached hydrogen (secondary N) is 1. The van der Waals surface area contributed by atoms with Crippen molar-refractivity contribution in [3.63, 3.8) is 0 Å². The molecule has 1 unspecified atom stereocenters. The van der Waals surface area contributed by atoms with Gasteiger partial charge in [-0.05, 0) is 55.3 Å². The number of para-hydroxylation sites is 1. The van der Waals surface area contributed by atoms with Crippen molar-refractivity contribution in [3.05, 3.63) is 111 Å². The number of aromatic nitrogens is 1. The number of hydrogen-bond acceptors (Lipinski definition) is 3. The van der Waals surface area contributed by atoms with Gasteiger partial charge in [0.05, 0.1) is 11.6 Å². The van der Waals surface area contributed by atoms with Gasteiger partial charge in [0.2, 0.25) is 0 Å². The number of nitrogens with zero attached hydrogens (tertiary/aromatic N) is 1. The number of aromatic amines is 1. The molecule has 0 spiro atoms. The van der Waals surface area contributed by atoms with E-state index in [0.29, 0.717) is 11.1 Å². The van der Waals surface area contributed by atoms with E-state index in [9.17, 15) is 19.1 Å². The lowest BCUT2D eigenvalue weighted by Crippen LogP contribution is -2.29. The molecule has 1 atom stereocenters. The van der Waals surface area contributed by atoms with Crippen LogP contribution in [0.3, 0.4) is 0 Å². The lowest BCUT2D eigenvalue weighted by Gasteiger charge is -2.26. The summed E-state index contributed by atoms with van der Waals surface area (Å²) < 4.78 is 14.4. The van der Waals surface area contributed by atoms with Crippen LogP contribution in [0.2, 0.25) is 0 Å². The molecule has 0 radical (unpaired) electrons. The fourth-order valence-electron chi connectivity index (χ4n) is 4.73. The molecule has 0 saturated carbocycles. The molecule has 1 aromatic heterocycles. The van der Waals surface area contributed by atoms with Crippen molar-refractivity contribution in [1.82, 2.24) is 9.88 Å². The zero-order valence-electron chi connectivity index (χ0n) is 19.1. The number of H-pyrrole nitrogens is 1. The summed E-state index contributed by atoms with van der Waals surface area (Å²) >= 11 is 3.46. The minimum Gasteiger partial charge on any atom is -0.507 e. The number of aliphatic hydroxyl groups excluding tert-OH is 1. The van der Waals surface area contributed by atoms with E-state index in [-0.39, 0.29) is 23.7 Å². The summed E-state index contributed by atoms with van der Waals surface area (Å²) in [5.74, 6) is -2.07. The summed E-state index contributed by atoms with van der Waals surface area (Å²) in [6.07, 6.45) is 0. The Bertz CT molecular complexity index is 1520. The third-order valence-electron chi connectivity index (χ3n) is 6.45. The molecule has 2 N–H and O–H groups in total. The van der Waals surface area contributed by atoms with Crippen LogP contribution in [0.5, 0.6) is 0 Å². The SMILES string of the molecule is Cc1cc(/C(O)=C2\C(=O)C(=O)N(Cc3ccc(F)cc3)C2c2c(C)[nH]c3ccccc23)ccc1Br. The van der Waals surface area contributed by atoms with E-state index in [4.69, 9.17) is 0 Å².